The van der Waals surface area contributed by atoms with Crippen LogP contribution in [0, 0.1) is 0 Å². The molecule has 0 saturated heterocycles. The van der Waals surface area contributed by atoms with Gasteiger partial charge in [-0.25, -0.2) is 0 Å². The number of nitrogens with zero attached hydrogens (tertiary/aromatic N) is 2. The van der Waals surface area contributed by atoms with Gasteiger partial charge in [-0.3, -0.25) is 9.98 Å². The van der Waals surface area contributed by atoms with Crippen LogP contribution < -0.4 is 24.0 Å². The summed E-state index contributed by atoms with van der Waals surface area (Å²) in [6.07, 6.45) is 7.81. The van der Waals surface area contributed by atoms with Crippen LogP contribution in [0.4, 0.5) is 0 Å². The van der Waals surface area contributed by atoms with Gasteiger partial charge in [0.25, 0.3) is 0 Å². The third-order valence-electron chi connectivity index (χ3n) is 10.9. The quantitative estimate of drug-likeness (QED) is 0.139. The average molecular weight is 857 g/mol. The Bertz CT molecular complexity index is 1710. The Morgan fingerprint density at radius 2 is 0.846 bits per heavy atom. The Balaban J connectivity index is 0.00000364. The van der Waals surface area contributed by atoms with E-state index in [1.807, 2.05) is 24.6 Å². The molecule has 1 saturated carbocycles. The van der Waals surface area contributed by atoms with Crippen molar-refractivity contribution < 1.29 is 51.0 Å². The Morgan fingerprint density at radius 1 is 0.519 bits per heavy atom. The molecule has 2 N–H and O–H groups in total. The van der Waals surface area contributed by atoms with E-state index in [0.717, 1.165) is 70.2 Å². The van der Waals surface area contributed by atoms with E-state index in [-0.39, 0.29) is 75.2 Å². The summed E-state index contributed by atoms with van der Waals surface area (Å²) < 4.78 is 0. The molecule has 1 radical (unpaired) electrons. The maximum atomic E-state index is 11.8. The van der Waals surface area contributed by atoms with Crippen LogP contribution in [-0.4, -0.2) is 34.7 Å². The monoisotopic (exact) mass is 856 g/mol. The Kier molecular flexibility index (Phi) is 14.2. The van der Waals surface area contributed by atoms with Crippen LogP contribution in [0.3, 0.4) is 0 Å². The van der Waals surface area contributed by atoms with Gasteiger partial charge in [0.2, 0.25) is 0 Å². The number of hydrogen-bond donors (Lipinski definition) is 2. The van der Waals surface area contributed by atoms with Gasteiger partial charge in [-0.05, 0) is 58.1 Å². The smallest absolute Gasteiger partial charge is 0.128 e. The van der Waals surface area contributed by atoms with Crippen LogP contribution in [0.1, 0.15) is 139 Å². The molecule has 0 unspecified atom stereocenters. The minimum atomic E-state index is -0.398. The summed E-state index contributed by atoms with van der Waals surface area (Å²) in [4.78, 5) is 10.3. The van der Waals surface area contributed by atoms with E-state index in [4.69, 9.17) is 9.98 Å². The summed E-state index contributed by atoms with van der Waals surface area (Å²) in [5.74, 6) is 0.563. The first-order valence-corrected chi connectivity index (χ1v) is 18.3. The van der Waals surface area contributed by atoms with Gasteiger partial charge in [-0.1, -0.05) is 155 Å². The van der Waals surface area contributed by atoms with E-state index < -0.39 is 10.8 Å². The number of halogens is 1. The Morgan fingerprint density at radius 3 is 1.15 bits per heavy atom. The van der Waals surface area contributed by atoms with E-state index in [1.165, 1.54) is 0 Å². The number of phenols is 2. The van der Waals surface area contributed by atoms with E-state index in [1.54, 1.807) is 0 Å². The van der Waals surface area contributed by atoms with Gasteiger partial charge in [-0.2, -0.15) is 0 Å². The van der Waals surface area contributed by atoms with Crippen molar-refractivity contribution in [2.75, 3.05) is 0 Å². The molecule has 1 fully saturated rings. The van der Waals surface area contributed by atoms with Crippen LogP contribution in [0.25, 0.3) is 0 Å². The number of aliphatic imine (C=N–C) groups is 2. The summed E-state index contributed by atoms with van der Waals surface area (Å²) in [5, 5.41) is 23.5. The zero-order chi connectivity index (χ0) is 36.5. The number of phenolic OH excluding ortho intramolecular Hbond substituents is 2. The summed E-state index contributed by atoms with van der Waals surface area (Å²) in [5.41, 5.74) is 6.92. The van der Waals surface area contributed by atoms with Gasteiger partial charge >= 0.3 is 0 Å². The minimum Gasteiger partial charge on any atom is -1.00 e. The van der Waals surface area contributed by atoms with Crippen molar-refractivity contribution in [1.29, 1.82) is 0 Å². The molecule has 5 rings (SSSR count). The summed E-state index contributed by atoms with van der Waals surface area (Å²) in [7, 11) is 0. The topological polar surface area (TPSA) is 65.2 Å². The van der Waals surface area contributed by atoms with Crippen LogP contribution in [0.2, 0.25) is 0 Å². The fourth-order valence-electron chi connectivity index (χ4n) is 7.14. The SMILES string of the molecule is CC(C)(C)c1cc(C=N[C@@H]2CCCC[C@H]2N=Cc2cc(C(C)(C)C)cc(C(C)(C)c3ccccc3)c2O)c(O)c(C(C)(C)c2ccccc2)c1.[Co].[I-]. The molecule has 6 heteroatoms. The largest absolute Gasteiger partial charge is 1.00 e. The molecule has 0 aromatic heterocycles. The molecule has 4 aromatic carbocycles. The number of aromatic hydroxyl groups is 2. The van der Waals surface area contributed by atoms with Crippen molar-refractivity contribution >= 4 is 12.4 Å². The minimum absolute atomic E-state index is 0. The molecule has 4 nitrogen and oxygen atoms in total. The van der Waals surface area contributed by atoms with E-state index in [9.17, 15) is 10.2 Å². The summed E-state index contributed by atoms with van der Waals surface area (Å²) in [6.45, 7) is 22.0. The molecular weight excluding hydrogens is 798 g/mol. The van der Waals surface area contributed by atoms with Crippen LogP contribution in [0.5, 0.6) is 11.5 Å². The molecule has 0 bridgehead atoms. The van der Waals surface area contributed by atoms with Gasteiger partial charge in [0.05, 0.1) is 12.1 Å². The normalized spacial score (nSPS) is 17.2. The molecule has 0 heterocycles. The van der Waals surface area contributed by atoms with Crippen molar-refractivity contribution in [2.24, 2.45) is 9.98 Å². The maximum Gasteiger partial charge on any atom is 0.128 e. The first-order valence-electron chi connectivity index (χ1n) is 18.3. The van der Waals surface area contributed by atoms with Gasteiger partial charge < -0.3 is 34.2 Å². The standard InChI is InChI=1S/C46H58N2O2.Co.HI/c1-43(2,3)35-25-31(41(49)37(27-35)45(7,8)33-19-13-11-14-20-33)29-47-39-23-17-18-24-40(39)48-30-32-26-36(44(4,5)6)28-38(42(32)50)46(9,10)34-21-15-12-16-22-34;;/h11-16,19-22,25-30,39-40,49-50H,17-18,23-24H2,1-10H3;;1H/p-1/t39-,40-;;/m1../s1. The Hall–Kier alpha value is -2.94. The summed E-state index contributed by atoms with van der Waals surface area (Å²) >= 11 is 0. The predicted octanol–water partition coefficient (Wildman–Crippen LogP) is 8.20. The molecule has 0 amide bonds. The van der Waals surface area contributed by atoms with Gasteiger partial charge in [0.1, 0.15) is 11.5 Å². The Labute approximate surface area is 340 Å². The molecule has 2 atom stereocenters. The van der Waals surface area contributed by atoms with Gasteiger partial charge in [0, 0.05) is 62.3 Å². The molecule has 52 heavy (non-hydrogen) atoms. The molecule has 4 aromatic rings. The second kappa shape index (κ2) is 17.0. The van der Waals surface area contributed by atoms with Crippen LogP contribution >= 0.6 is 0 Å². The molecule has 281 valence electrons. The molecule has 1 aliphatic rings. The second-order valence-electron chi connectivity index (χ2n) is 17.4. The zero-order valence-electron chi connectivity index (χ0n) is 32.7. The third-order valence-corrected chi connectivity index (χ3v) is 10.9. The van der Waals surface area contributed by atoms with Crippen molar-refractivity contribution in [3.05, 3.63) is 129 Å². The fraction of sp³-hybridized carbons (Fsp3) is 0.435. The average Bonchev–Trinajstić information content (AvgIpc) is 3.07. The maximum absolute atomic E-state index is 11.8. The van der Waals surface area contributed by atoms with E-state index in [2.05, 4.69) is 142 Å². The van der Waals surface area contributed by atoms with Crippen molar-refractivity contribution in [3.8, 4) is 11.5 Å². The number of benzene rings is 4. The van der Waals surface area contributed by atoms with Crippen molar-refractivity contribution in [3.63, 3.8) is 0 Å². The van der Waals surface area contributed by atoms with Gasteiger partial charge in [-0.15, -0.1) is 0 Å². The number of hydrogen-bond acceptors (Lipinski definition) is 4. The first kappa shape index (κ1) is 43.5. The van der Waals surface area contributed by atoms with Crippen LogP contribution in [0.15, 0.2) is 94.9 Å². The summed E-state index contributed by atoms with van der Waals surface area (Å²) in [6, 6.07) is 29.3. The molecule has 1 aliphatic carbocycles. The third kappa shape index (κ3) is 9.58. The second-order valence-corrected chi connectivity index (χ2v) is 17.4. The molecular formula is C46H58CoIN2O2-. The van der Waals surface area contributed by atoms with Crippen molar-refractivity contribution in [2.45, 2.75) is 129 Å². The van der Waals surface area contributed by atoms with E-state index in [0.29, 0.717) is 0 Å². The van der Waals surface area contributed by atoms with Crippen LogP contribution in [-0.2, 0) is 38.4 Å². The predicted molar refractivity (Wildman–Crippen MR) is 212 cm³/mol. The zero-order valence-corrected chi connectivity index (χ0v) is 35.9. The van der Waals surface area contributed by atoms with Gasteiger partial charge in [0.15, 0.2) is 0 Å². The number of rotatable bonds is 8. The first-order chi connectivity index (χ1) is 23.4. The fourth-order valence-corrected chi connectivity index (χ4v) is 7.14. The van der Waals surface area contributed by atoms with E-state index >= 15 is 0 Å². The molecule has 0 aliphatic heterocycles. The van der Waals surface area contributed by atoms with Crippen molar-refractivity contribution in [1.82, 2.24) is 0 Å². The molecule has 0 spiro atoms.